The molecule has 0 aromatic heterocycles. The summed E-state index contributed by atoms with van der Waals surface area (Å²) in [6, 6.07) is 20.9. The molecule has 0 radical (unpaired) electrons. The normalized spacial score (nSPS) is 11.9. The van der Waals surface area contributed by atoms with Crippen molar-refractivity contribution in [3.63, 3.8) is 0 Å². The van der Waals surface area contributed by atoms with Crippen molar-refractivity contribution >= 4 is 27.6 Å². The number of nitrogens with two attached hydrogens (primary N) is 1. The van der Waals surface area contributed by atoms with Crippen LogP contribution in [0.15, 0.2) is 83.8 Å². The Morgan fingerprint density at radius 1 is 0.903 bits per heavy atom. The Kier molecular flexibility index (Phi) is 6.68. The molecule has 3 aromatic rings. The molecule has 0 aliphatic carbocycles. The number of carbonyl (C=O) groups is 2. The van der Waals surface area contributed by atoms with Crippen LogP contribution in [0.25, 0.3) is 0 Å². The van der Waals surface area contributed by atoms with Crippen molar-refractivity contribution in [2.75, 3.05) is 5.32 Å². The standard InChI is InChI=1S/C22H20N2O6S/c1-15(21(25)24-17-8-6-12-20(14-17)31(23,27)28)29-22(26)16-7-5-11-19(13-16)30-18-9-3-2-4-10-18/h2-15H,1H3,(H,24,25)(H2,23,27,28). The largest absolute Gasteiger partial charge is 0.457 e. The molecule has 3 N–H and O–H groups in total. The van der Waals surface area contributed by atoms with Gasteiger partial charge < -0.3 is 14.8 Å². The predicted octanol–water partition coefficient (Wildman–Crippen LogP) is 3.31. The van der Waals surface area contributed by atoms with Crippen molar-refractivity contribution in [3.05, 3.63) is 84.4 Å². The molecule has 0 fully saturated rings. The average Bonchev–Trinajstić information content (AvgIpc) is 2.74. The molecule has 9 heteroatoms. The fourth-order valence-electron chi connectivity index (χ4n) is 2.59. The van der Waals surface area contributed by atoms with Gasteiger partial charge in [-0.2, -0.15) is 0 Å². The predicted molar refractivity (Wildman–Crippen MR) is 114 cm³/mol. The van der Waals surface area contributed by atoms with Crippen LogP contribution in [0.5, 0.6) is 11.5 Å². The van der Waals surface area contributed by atoms with Crippen LogP contribution < -0.4 is 15.2 Å². The van der Waals surface area contributed by atoms with Crippen molar-refractivity contribution in [3.8, 4) is 11.5 Å². The van der Waals surface area contributed by atoms with E-state index in [1.54, 1.807) is 30.3 Å². The molecular formula is C22H20N2O6S. The van der Waals surface area contributed by atoms with E-state index in [4.69, 9.17) is 14.6 Å². The number of primary sulfonamides is 1. The fourth-order valence-corrected chi connectivity index (χ4v) is 3.15. The SMILES string of the molecule is CC(OC(=O)c1cccc(Oc2ccccc2)c1)C(=O)Nc1cccc(S(N)(=O)=O)c1. The summed E-state index contributed by atoms with van der Waals surface area (Å²) in [7, 11) is -3.91. The number of nitrogens with one attached hydrogen (secondary N) is 1. The van der Waals surface area contributed by atoms with Crippen LogP contribution in [-0.2, 0) is 19.6 Å². The molecule has 1 amide bonds. The van der Waals surface area contributed by atoms with Gasteiger partial charge >= 0.3 is 5.97 Å². The molecule has 0 heterocycles. The Labute approximate surface area is 179 Å². The highest BCUT2D eigenvalue weighted by molar-refractivity contribution is 7.89. The first-order valence-electron chi connectivity index (χ1n) is 9.20. The molecule has 0 bridgehead atoms. The number of benzene rings is 3. The van der Waals surface area contributed by atoms with Gasteiger partial charge in [0.1, 0.15) is 11.5 Å². The van der Waals surface area contributed by atoms with Crippen molar-refractivity contribution in [2.24, 2.45) is 5.14 Å². The molecule has 0 saturated carbocycles. The zero-order valence-electron chi connectivity index (χ0n) is 16.5. The first-order chi connectivity index (χ1) is 14.7. The number of carbonyl (C=O) groups excluding carboxylic acids is 2. The van der Waals surface area contributed by atoms with Crippen LogP contribution in [0.2, 0.25) is 0 Å². The van der Waals surface area contributed by atoms with Crippen LogP contribution in [0, 0.1) is 0 Å². The van der Waals surface area contributed by atoms with Gasteiger partial charge in [-0.25, -0.2) is 18.4 Å². The number of hydrogen-bond donors (Lipinski definition) is 2. The summed E-state index contributed by atoms with van der Waals surface area (Å²) < 4.78 is 33.8. The minimum atomic E-state index is -3.91. The van der Waals surface area contributed by atoms with Gasteiger partial charge in [-0.1, -0.05) is 30.3 Å². The van der Waals surface area contributed by atoms with Gasteiger partial charge in [0.05, 0.1) is 10.5 Å². The second-order valence-corrected chi connectivity index (χ2v) is 8.11. The topological polar surface area (TPSA) is 125 Å². The number of sulfonamides is 1. The molecule has 1 unspecified atom stereocenters. The van der Waals surface area contributed by atoms with Crippen molar-refractivity contribution in [1.82, 2.24) is 0 Å². The highest BCUT2D eigenvalue weighted by atomic mass is 32.2. The van der Waals surface area contributed by atoms with Crippen molar-refractivity contribution < 1.29 is 27.5 Å². The summed E-state index contributed by atoms with van der Waals surface area (Å²) in [5, 5.41) is 7.58. The van der Waals surface area contributed by atoms with Crippen LogP contribution in [-0.4, -0.2) is 26.4 Å². The second-order valence-electron chi connectivity index (χ2n) is 6.55. The average molecular weight is 440 g/mol. The van der Waals surface area contributed by atoms with Gasteiger partial charge in [0.2, 0.25) is 10.0 Å². The Morgan fingerprint density at radius 3 is 2.29 bits per heavy atom. The van der Waals surface area contributed by atoms with Crippen molar-refractivity contribution in [1.29, 1.82) is 0 Å². The van der Waals surface area contributed by atoms with E-state index < -0.39 is 28.0 Å². The van der Waals surface area contributed by atoms with Gasteiger partial charge in [-0.3, -0.25) is 4.79 Å². The minimum Gasteiger partial charge on any atom is -0.457 e. The number of hydrogen-bond acceptors (Lipinski definition) is 6. The number of amides is 1. The molecule has 160 valence electrons. The number of para-hydroxylation sites is 1. The molecule has 0 aliphatic rings. The number of anilines is 1. The number of esters is 1. The van der Waals surface area contributed by atoms with E-state index in [9.17, 15) is 18.0 Å². The Hall–Kier alpha value is -3.69. The van der Waals surface area contributed by atoms with E-state index in [0.717, 1.165) is 0 Å². The Morgan fingerprint density at radius 2 is 1.58 bits per heavy atom. The Bertz CT molecular complexity index is 1200. The lowest BCUT2D eigenvalue weighted by molar-refractivity contribution is -0.123. The monoisotopic (exact) mass is 440 g/mol. The van der Waals surface area contributed by atoms with Crippen LogP contribution in [0.3, 0.4) is 0 Å². The molecule has 0 aliphatic heterocycles. The van der Waals surface area contributed by atoms with E-state index in [1.165, 1.54) is 37.3 Å². The maximum Gasteiger partial charge on any atom is 0.339 e. The minimum absolute atomic E-state index is 0.148. The van der Waals surface area contributed by atoms with Gasteiger partial charge in [0.25, 0.3) is 5.91 Å². The van der Waals surface area contributed by atoms with Gasteiger partial charge in [0.15, 0.2) is 6.10 Å². The summed E-state index contributed by atoms with van der Waals surface area (Å²) in [4.78, 5) is 24.7. The quantitative estimate of drug-likeness (QED) is 0.543. The first kappa shape index (κ1) is 22.0. The summed E-state index contributed by atoms with van der Waals surface area (Å²) in [5.41, 5.74) is 0.419. The zero-order chi connectivity index (χ0) is 22.4. The smallest absolute Gasteiger partial charge is 0.339 e. The maximum atomic E-state index is 12.4. The Balaban J connectivity index is 1.64. The highest BCUT2D eigenvalue weighted by Gasteiger charge is 2.20. The first-order valence-corrected chi connectivity index (χ1v) is 10.7. The molecule has 3 rings (SSSR count). The van der Waals surface area contributed by atoms with Crippen molar-refractivity contribution in [2.45, 2.75) is 17.9 Å². The van der Waals surface area contributed by atoms with E-state index in [1.807, 2.05) is 18.2 Å². The third-order valence-electron chi connectivity index (χ3n) is 4.13. The van der Waals surface area contributed by atoms with Gasteiger partial charge in [-0.15, -0.1) is 0 Å². The molecule has 31 heavy (non-hydrogen) atoms. The van der Waals surface area contributed by atoms with Crippen LogP contribution in [0.1, 0.15) is 17.3 Å². The van der Waals surface area contributed by atoms with Gasteiger partial charge in [-0.05, 0) is 55.5 Å². The second kappa shape index (κ2) is 9.41. The molecule has 0 saturated heterocycles. The number of rotatable bonds is 7. The molecular weight excluding hydrogens is 420 g/mol. The van der Waals surface area contributed by atoms with Gasteiger partial charge in [0, 0.05) is 5.69 Å². The molecule has 3 aromatic carbocycles. The lowest BCUT2D eigenvalue weighted by Gasteiger charge is -2.14. The van der Waals surface area contributed by atoms with E-state index >= 15 is 0 Å². The third kappa shape index (κ3) is 6.14. The van der Waals surface area contributed by atoms with E-state index in [-0.39, 0.29) is 16.1 Å². The maximum absolute atomic E-state index is 12.4. The number of ether oxygens (including phenoxy) is 2. The third-order valence-corrected chi connectivity index (χ3v) is 5.04. The highest BCUT2D eigenvalue weighted by Crippen LogP contribution is 2.22. The van der Waals surface area contributed by atoms with E-state index in [0.29, 0.717) is 11.5 Å². The van der Waals surface area contributed by atoms with Crippen LogP contribution >= 0.6 is 0 Å². The zero-order valence-corrected chi connectivity index (χ0v) is 17.3. The van der Waals surface area contributed by atoms with Crippen LogP contribution in [0.4, 0.5) is 5.69 Å². The molecule has 1 atom stereocenters. The van der Waals surface area contributed by atoms with E-state index in [2.05, 4.69) is 5.32 Å². The molecule has 0 spiro atoms. The molecule has 8 nitrogen and oxygen atoms in total. The summed E-state index contributed by atoms with van der Waals surface area (Å²) in [6.07, 6.45) is -1.13. The fraction of sp³-hybridized carbons (Fsp3) is 0.0909. The summed E-state index contributed by atoms with van der Waals surface area (Å²) >= 11 is 0. The summed E-state index contributed by atoms with van der Waals surface area (Å²) in [6.45, 7) is 1.40. The lowest BCUT2D eigenvalue weighted by atomic mass is 10.2. The summed E-state index contributed by atoms with van der Waals surface area (Å²) in [5.74, 6) is -0.281. The lowest BCUT2D eigenvalue weighted by Crippen LogP contribution is -2.30.